The Morgan fingerprint density at radius 3 is 2.46 bits per heavy atom. The Morgan fingerprint density at radius 2 is 1.85 bits per heavy atom. The molecule has 11 nitrogen and oxygen atoms in total. The monoisotopic (exact) mass is 638 g/mol. The van der Waals surface area contributed by atoms with Crippen molar-refractivity contribution < 1.29 is 33.0 Å². The molecule has 0 radical (unpaired) electrons. The van der Waals surface area contributed by atoms with Crippen molar-refractivity contribution in [3.8, 4) is 0 Å². The number of primary amides is 1. The lowest BCUT2D eigenvalue weighted by molar-refractivity contribution is 0.0635. The summed E-state index contributed by atoms with van der Waals surface area (Å²) in [4.78, 5) is 48.8. The molecular formula is C33H40F2N6O5. The molecule has 0 atom stereocenters. The van der Waals surface area contributed by atoms with E-state index >= 15 is 4.39 Å². The van der Waals surface area contributed by atoms with Gasteiger partial charge in [-0.2, -0.15) is 0 Å². The van der Waals surface area contributed by atoms with Gasteiger partial charge in [0.2, 0.25) is 0 Å². The number of pyridine rings is 2. The number of halogens is 2. The molecule has 3 heterocycles. The van der Waals surface area contributed by atoms with Gasteiger partial charge in [-0.15, -0.1) is 0 Å². The Hall–Kier alpha value is -4.55. The number of benzene rings is 1. The molecule has 2 aromatic heterocycles. The highest BCUT2D eigenvalue weighted by molar-refractivity contribution is 6.02. The van der Waals surface area contributed by atoms with Crippen molar-refractivity contribution in [2.24, 2.45) is 5.73 Å². The van der Waals surface area contributed by atoms with E-state index in [2.05, 4.69) is 15.3 Å². The third-order valence-corrected chi connectivity index (χ3v) is 8.59. The van der Waals surface area contributed by atoms with E-state index in [4.69, 9.17) is 10.5 Å². The van der Waals surface area contributed by atoms with Crippen LogP contribution in [0.2, 0.25) is 0 Å². The Kier molecular flexibility index (Phi) is 8.56. The van der Waals surface area contributed by atoms with E-state index in [0.29, 0.717) is 36.2 Å². The zero-order valence-electron chi connectivity index (χ0n) is 26.9. The molecule has 1 saturated carbocycles. The van der Waals surface area contributed by atoms with Crippen LogP contribution >= 0.6 is 0 Å². The van der Waals surface area contributed by atoms with Gasteiger partial charge in [0, 0.05) is 30.4 Å². The number of carbonyl (C=O) groups excluding carboxylic acids is 2. The maximum absolute atomic E-state index is 16.5. The minimum absolute atomic E-state index is 0.129. The van der Waals surface area contributed by atoms with Gasteiger partial charge < -0.3 is 15.6 Å². The molecule has 0 bridgehead atoms. The molecule has 246 valence electrons. The number of amides is 4. The van der Waals surface area contributed by atoms with Gasteiger partial charge in [-0.05, 0) is 99.4 Å². The molecular weight excluding hydrogens is 598 g/mol. The van der Waals surface area contributed by atoms with E-state index in [0.717, 1.165) is 11.1 Å². The van der Waals surface area contributed by atoms with E-state index in [9.17, 15) is 23.9 Å². The molecule has 4 amide bonds. The van der Waals surface area contributed by atoms with E-state index in [1.165, 1.54) is 16.0 Å². The first-order valence-electron chi connectivity index (χ1n) is 15.3. The van der Waals surface area contributed by atoms with Gasteiger partial charge in [-0.1, -0.05) is 13.8 Å². The number of rotatable bonds is 6. The van der Waals surface area contributed by atoms with E-state index in [-0.39, 0.29) is 41.7 Å². The summed E-state index contributed by atoms with van der Waals surface area (Å²) in [6.07, 6.45) is 1.83. The zero-order chi connectivity index (χ0) is 33.7. The largest absolute Gasteiger partial charge is 0.465 e. The summed E-state index contributed by atoms with van der Waals surface area (Å²) in [5.41, 5.74) is 6.93. The second-order valence-electron chi connectivity index (χ2n) is 13.7. The lowest BCUT2D eigenvalue weighted by Gasteiger charge is -2.37. The fraction of sp³-hybridized carbons (Fsp3) is 0.485. The van der Waals surface area contributed by atoms with Crippen molar-refractivity contribution in [1.82, 2.24) is 9.97 Å². The highest BCUT2D eigenvalue weighted by Crippen LogP contribution is 2.40. The number of nitrogens with one attached hydrogen (secondary N) is 1. The van der Waals surface area contributed by atoms with Crippen LogP contribution in [0.15, 0.2) is 24.5 Å². The molecule has 0 spiro atoms. The van der Waals surface area contributed by atoms with Crippen LogP contribution < -0.4 is 20.9 Å². The first-order valence-corrected chi connectivity index (χ1v) is 15.3. The maximum atomic E-state index is 16.5. The third kappa shape index (κ3) is 6.40. The summed E-state index contributed by atoms with van der Waals surface area (Å²) >= 11 is 0. The first kappa shape index (κ1) is 32.8. The number of hydrogen-bond donors (Lipinski definition) is 3. The fourth-order valence-electron chi connectivity index (χ4n) is 6.46. The normalized spacial score (nSPS) is 18.0. The highest BCUT2D eigenvalue weighted by Gasteiger charge is 2.37. The molecule has 5 rings (SSSR count). The summed E-state index contributed by atoms with van der Waals surface area (Å²) in [7, 11) is 0. The molecule has 3 aromatic rings. The van der Waals surface area contributed by atoms with Gasteiger partial charge >= 0.3 is 18.2 Å². The molecule has 1 aliphatic heterocycles. The number of urea groups is 1. The van der Waals surface area contributed by atoms with Gasteiger partial charge in [-0.25, -0.2) is 28.1 Å². The number of alkyl halides is 1. The van der Waals surface area contributed by atoms with Crippen molar-refractivity contribution in [3.63, 3.8) is 0 Å². The van der Waals surface area contributed by atoms with Crippen LogP contribution in [0.5, 0.6) is 0 Å². The molecule has 1 aromatic carbocycles. The number of aromatic nitrogens is 2. The zero-order valence-corrected chi connectivity index (χ0v) is 26.9. The van der Waals surface area contributed by atoms with Crippen LogP contribution in [-0.4, -0.2) is 57.7 Å². The summed E-state index contributed by atoms with van der Waals surface area (Å²) in [6.45, 7) is 11.1. The number of carbonyl (C=O) groups is 3. The second kappa shape index (κ2) is 12.0. The van der Waals surface area contributed by atoms with Crippen molar-refractivity contribution >= 4 is 46.2 Å². The Labute approximate surface area is 266 Å². The molecule has 4 N–H and O–H groups in total. The molecule has 0 unspecified atom stereocenters. The molecule has 2 aliphatic rings. The van der Waals surface area contributed by atoms with Crippen molar-refractivity contribution in [2.45, 2.75) is 96.9 Å². The van der Waals surface area contributed by atoms with Crippen LogP contribution in [0.25, 0.3) is 10.8 Å². The number of anilines is 3. The summed E-state index contributed by atoms with van der Waals surface area (Å²) in [5, 5.41) is 13.1. The smallest absolute Gasteiger partial charge is 0.412 e. The van der Waals surface area contributed by atoms with Crippen molar-refractivity contribution in [1.29, 1.82) is 0 Å². The number of nitrogens with zero attached hydrogens (tertiary/aromatic N) is 4. The van der Waals surface area contributed by atoms with Crippen LogP contribution in [-0.2, 0) is 23.0 Å². The lowest BCUT2D eigenvalue weighted by atomic mass is 9.76. The van der Waals surface area contributed by atoms with Crippen LogP contribution in [0.1, 0.15) is 76.3 Å². The average molecular weight is 639 g/mol. The van der Waals surface area contributed by atoms with E-state index < -0.39 is 47.3 Å². The van der Waals surface area contributed by atoms with Crippen LogP contribution in [0, 0.1) is 12.7 Å². The number of aryl methyl sites for hydroxylation is 1. The van der Waals surface area contributed by atoms with Crippen molar-refractivity contribution in [3.05, 3.63) is 52.7 Å². The minimum Gasteiger partial charge on any atom is -0.465 e. The third-order valence-electron chi connectivity index (χ3n) is 8.59. The Balaban J connectivity index is 1.61. The maximum Gasteiger partial charge on any atom is 0.412 e. The van der Waals surface area contributed by atoms with Gasteiger partial charge in [0.1, 0.15) is 17.6 Å². The number of nitrogens with two attached hydrogens (primary N) is 1. The molecule has 1 aliphatic carbocycles. The second-order valence-corrected chi connectivity index (χ2v) is 13.7. The summed E-state index contributed by atoms with van der Waals surface area (Å²) in [6, 6.07) is 1.95. The van der Waals surface area contributed by atoms with Crippen LogP contribution in [0.4, 0.5) is 40.4 Å². The van der Waals surface area contributed by atoms with Gasteiger partial charge in [0.05, 0.1) is 17.1 Å². The number of carboxylic acid groups (broad SMARTS) is 1. The Bertz CT molecular complexity index is 1720. The molecule has 1 fully saturated rings. The number of fused-ring (bicyclic) bond motifs is 2. The number of ether oxygens (including phenoxy) is 1. The first-order chi connectivity index (χ1) is 21.5. The SMILES string of the molecule is Cc1c(C(C)(C)Cc2cc3cc(N(C(N)=O)C4CC(F)C4)ncc3c(NC(=O)OC(C)(C)C)c2F)cnc2c1N(C(=O)O)CCC2. The van der Waals surface area contributed by atoms with E-state index in [1.54, 1.807) is 39.1 Å². The quantitative estimate of drug-likeness (QED) is 0.270. The standard InChI is InChI=1S/C33H40F2N6O5/c1-17-23(16-37-24-8-7-9-40(28(17)24)31(44)45)33(5,6)14-19-10-18-11-25(41(29(36)42)21-12-20(34)13-21)38-15-22(18)27(26(19)35)39-30(43)46-32(2,3)4/h10-11,15-16,20-21H,7-9,12-14H2,1-6H3,(H2,36,42)(H,39,43)(H,44,45). The molecule has 46 heavy (non-hydrogen) atoms. The van der Waals surface area contributed by atoms with Crippen LogP contribution in [0.3, 0.4) is 0 Å². The summed E-state index contributed by atoms with van der Waals surface area (Å²) < 4.78 is 35.6. The molecule has 13 heteroatoms. The topological polar surface area (TPSA) is 151 Å². The highest BCUT2D eigenvalue weighted by atomic mass is 19.1. The molecule has 0 saturated heterocycles. The number of hydrogen-bond acceptors (Lipinski definition) is 6. The van der Waals surface area contributed by atoms with Gasteiger partial charge in [0.25, 0.3) is 0 Å². The van der Waals surface area contributed by atoms with Gasteiger partial charge in [0.15, 0.2) is 5.82 Å². The lowest BCUT2D eigenvalue weighted by Crippen LogP contribution is -2.51. The predicted molar refractivity (Wildman–Crippen MR) is 171 cm³/mol. The predicted octanol–water partition coefficient (Wildman–Crippen LogP) is 6.76. The van der Waals surface area contributed by atoms with Gasteiger partial charge in [-0.3, -0.25) is 20.1 Å². The van der Waals surface area contributed by atoms with E-state index in [1.807, 2.05) is 20.8 Å². The fourth-order valence-corrected chi connectivity index (χ4v) is 6.46. The Morgan fingerprint density at radius 1 is 1.15 bits per heavy atom. The van der Waals surface area contributed by atoms with Crippen molar-refractivity contribution in [2.75, 3.05) is 21.7 Å². The average Bonchev–Trinajstić information content (AvgIpc) is 2.92. The summed E-state index contributed by atoms with van der Waals surface area (Å²) in [5.74, 6) is -0.511. The minimum atomic E-state index is -1.06.